The highest BCUT2D eigenvalue weighted by molar-refractivity contribution is 5.57. The number of halogens is 1. The Morgan fingerprint density at radius 2 is 1.71 bits per heavy atom. The quantitative estimate of drug-likeness (QED) is 0.488. The van der Waals surface area contributed by atoms with E-state index in [0.717, 1.165) is 5.56 Å². The molecule has 0 unspecified atom stereocenters. The standard InChI is InChI=1S/C20H16FN5O2/c21-16-5-7-17(8-6-16)28-18-4-1-3-15(13-18)19-24-14-25-26(19)11-12-27-20-22-9-2-10-23-20/h1-10,13-14H,11-12H2. The number of aromatic nitrogens is 5. The molecule has 4 rings (SSSR count). The van der Waals surface area contributed by atoms with Crippen molar-refractivity contribution < 1.29 is 13.9 Å². The Bertz CT molecular complexity index is 1040. The predicted octanol–water partition coefficient (Wildman–Crippen LogP) is 3.75. The highest BCUT2D eigenvalue weighted by atomic mass is 19.1. The van der Waals surface area contributed by atoms with E-state index in [1.807, 2.05) is 24.3 Å². The summed E-state index contributed by atoms with van der Waals surface area (Å²) < 4.78 is 26.1. The van der Waals surface area contributed by atoms with Gasteiger partial charge in [-0.3, -0.25) is 0 Å². The fraction of sp³-hybridized carbons (Fsp3) is 0.100. The maximum absolute atomic E-state index is 13.0. The van der Waals surface area contributed by atoms with Gasteiger partial charge in [-0.25, -0.2) is 24.0 Å². The van der Waals surface area contributed by atoms with Crippen LogP contribution in [-0.2, 0) is 6.54 Å². The molecule has 2 aromatic heterocycles. The lowest BCUT2D eigenvalue weighted by Crippen LogP contribution is -2.11. The third kappa shape index (κ3) is 4.29. The van der Waals surface area contributed by atoms with Gasteiger partial charge in [-0.1, -0.05) is 12.1 Å². The van der Waals surface area contributed by atoms with Gasteiger partial charge in [0.2, 0.25) is 0 Å². The molecule has 8 heteroatoms. The summed E-state index contributed by atoms with van der Waals surface area (Å²) in [6.45, 7) is 0.836. The van der Waals surface area contributed by atoms with Crippen LogP contribution in [0.15, 0.2) is 73.3 Å². The van der Waals surface area contributed by atoms with Crippen molar-refractivity contribution in [2.75, 3.05) is 6.61 Å². The van der Waals surface area contributed by atoms with E-state index in [4.69, 9.17) is 9.47 Å². The summed E-state index contributed by atoms with van der Waals surface area (Å²) in [7, 11) is 0. The molecule has 2 heterocycles. The van der Waals surface area contributed by atoms with Gasteiger partial charge in [0.1, 0.15) is 30.3 Å². The van der Waals surface area contributed by atoms with E-state index in [9.17, 15) is 4.39 Å². The minimum absolute atomic E-state index is 0.308. The molecule has 0 aliphatic carbocycles. The van der Waals surface area contributed by atoms with Gasteiger partial charge < -0.3 is 9.47 Å². The van der Waals surface area contributed by atoms with Crippen molar-refractivity contribution in [2.24, 2.45) is 0 Å². The van der Waals surface area contributed by atoms with E-state index in [-0.39, 0.29) is 5.82 Å². The zero-order valence-electron chi connectivity index (χ0n) is 14.8. The molecule has 0 radical (unpaired) electrons. The molecule has 2 aromatic carbocycles. The van der Waals surface area contributed by atoms with Crippen molar-refractivity contribution in [1.82, 2.24) is 24.7 Å². The first kappa shape index (κ1) is 17.6. The minimum atomic E-state index is -0.308. The first-order valence-corrected chi connectivity index (χ1v) is 8.59. The summed E-state index contributed by atoms with van der Waals surface area (Å²) in [6, 6.07) is 15.4. The molecule has 7 nitrogen and oxygen atoms in total. The second-order valence-corrected chi connectivity index (χ2v) is 5.77. The number of hydrogen-bond acceptors (Lipinski definition) is 6. The van der Waals surface area contributed by atoms with Gasteiger partial charge in [0.05, 0.1) is 6.54 Å². The Hall–Kier alpha value is -3.81. The maximum atomic E-state index is 13.0. The van der Waals surface area contributed by atoms with Gasteiger partial charge in [-0.2, -0.15) is 5.10 Å². The fourth-order valence-electron chi connectivity index (χ4n) is 2.57. The van der Waals surface area contributed by atoms with Crippen molar-refractivity contribution >= 4 is 0 Å². The summed E-state index contributed by atoms with van der Waals surface area (Å²) in [5.41, 5.74) is 0.841. The molecule has 0 aliphatic heterocycles. The highest BCUT2D eigenvalue weighted by Crippen LogP contribution is 2.26. The fourth-order valence-corrected chi connectivity index (χ4v) is 2.57. The normalized spacial score (nSPS) is 10.6. The molecule has 0 aliphatic rings. The second kappa shape index (κ2) is 8.26. The van der Waals surface area contributed by atoms with Crippen LogP contribution >= 0.6 is 0 Å². The maximum Gasteiger partial charge on any atom is 0.316 e. The molecule has 0 atom stereocenters. The Labute approximate surface area is 160 Å². The van der Waals surface area contributed by atoms with Crippen LogP contribution in [0.3, 0.4) is 0 Å². The average molecular weight is 377 g/mol. The molecule has 28 heavy (non-hydrogen) atoms. The third-order valence-electron chi connectivity index (χ3n) is 3.83. The van der Waals surface area contributed by atoms with E-state index >= 15 is 0 Å². The van der Waals surface area contributed by atoms with Gasteiger partial charge in [-0.15, -0.1) is 0 Å². The zero-order chi connectivity index (χ0) is 19.2. The molecule has 0 saturated heterocycles. The Kier molecular flexibility index (Phi) is 5.19. The predicted molar refractivity (Wildman–Crippen MR) is 99.5 cm³/mol. The van der Waals surface area contributed by atoms with E-state index in [1.165, 1.54) is 18.5 Å². The van der Waals surface area contributed by atoms with E-state index in [2.05, 4.69) is 20.1 Å². The highest BCUT2D eigenvalue weighted by Gasteiger charge is 2.09. The van der Waals surface area contributed by atoms with Crippen LogP contribution in [-0.4, -0.2) is 31.3 Å². The smallest absolute Gasteiger partial charge is 0.316 e. The molecule has 0 N–H and O–H groups in total. The summed E-state index contributed by atoms with van der Waals surface area (Å²) in [4.78, 5) is 12.4. The van der Waals surface area contributed by atoms with E-state index < -0.39 is 0 Å². The summed E-state index contributed by atoms with van der Waals surface area (Å²) in [5.74, 6) is 1.54. The van der Waals surface area contributed by atoms with E-state index in [1.54, 1.807) is 35.3 Å². The van der Waals surface area contributed by atoms with Crippen LogP contribution in [0.1, 0.15) is 0 Å². The topological polar surface area (TPSA) is 75.0 Å². The summed E-state index contributed by atoms with van der Waals surface area (Å²) in [6.07, 6.45) is 4.73. The SMILES string of the molecule is Fc1ccc(Oc2cccc(-c3ncnn3CCOc3ncccn3)c2)cc1. The van der Waals surface area contributed by atoms with Crippen molar-refractivity contribution in [1.29, 1.82) is 0 Å². The molecule has 0 spiro atoms. The van der Waals surface area contributed by atoms with Crippen LogP contribution in [0.4, 0.5) is 4.39 Å². The number of hydrogen-bond donors (Lipinski definition) is 0. The molecule has 0 fully saturated rings. The van der Waals surface area contributed by atoms with Gasteiger partial charge in [0, 0.05) is 18.0 Å². The molecular formula is C20H16FN5O2. The van der Waals surface area contributed by atoms with Crippen molar-refractivity contribution in [2.45, 2.75) is 6.54 Å². The minimum Gasteiger partial charge on any atom is -0.461 e. The lowest BCUT2D eigenvalue weighted by molar-refractivity contribution is 0.270. The van der Waals surface area contributed by atoms with E-state index in [0.29, 0.717) is 36.5 Å². The van der Waals surface area contributed by atoms with Gasteiger partial charge in [-0.05, 0) is 42.5 Å². The number of nitrogens with zero attached hydrogens (tertiary/aromatic N) is 5. The average Bonchev–Trinajstić information content (AvgIpc) is 3.19. The van der Waals surface area contributed by atoms with Gasteiger partial charge in [0.25, 0.3) is 0 Å². The number of rotatable bonds is 7. The molecule has 4 aromatic rings. The van der Waals surface area contributed by atoms with Crippen LogP contribution in [0.5, 0.6) is 17.5 Å². The number of ether oxygens (including phenoxy) is 2. The largest absolute Gasteiger partial charge is 0.461 e. The van der Waals surface area contributed by atoms with Crippen LogP contribution in [0.25, 0.3) is 11.4 Å². The third-order valence-corrected chi connectivity index (χ3v) is 3.83. The van der Waals surface area contributed by atoms with Crippen molar-refractivity contribution in [3.63, 3.8) is 0 Å². The zero-order valence-corrected chi connectivity index (χ0v) is 14.8. The van der Waals surface area contributed by atoms with Gasteiger partial charge >= 0.3 is 6.01 Å². The van der Waals surface area contributed by atoms with Crippen LogP contribution < -0.4 is 9.47 Å². The molecule has 140 valence electrons. The molecular weight excluding hydrogens is 361 g/mol. The Morgan fingerprint density at radius 3 is 2.54 bits per heavy atom. The Morgan fingerprint density at radius 1 is 0.893 bits per heavy atom. The van der Waals surface area contributed by atoms with Crippen LogP contribution in [0.2, 0.25) is 0 Å². The monoisotopic (exact) mass is 377 g/mol. The Balaban J connectivity index is 1.46. The molecule has 0 saturated carbocycles. The number of benzene rings is 2. The van der Waals surface area contributed by atoms with Crippen molar-refractivity contribution in [3.05, 3.63) is 79.1 Å². The second-order valence-electron chi connectivity index (χ2n) is 5.77. The van der Waals surface area contributed by atoms with Crippen molar-refractivity contribution in [3.8, 4) is 28.9 Å². The molecule has 0 amide bonds. The van der Waals surface area contributed by atoms with Gasteiger partial charge in [0.15, 0.2) is 5.82 Å². The lowest BCUT2D eigenvalue weighted by atomic mass is 10.2. The van der Waals surface area contributed by atoms with Crippen LogP contribution in [0, 0.1) is 5.82 Å². The first-order valence-electron chi connectivity index (χ1n) is 8.59. The molecule has 0 bridgehead atoms. The summed E-state index contributed by atoms with van der Waals surface area (Å²) >= 11 is 0. The summed E-state index contributed by atoms with van der Waals surface area (Å²) in [5, 5.41) is 4.25. The first-order chi connectivity index (χ1) is 13.8. The lowest BCUT2D eigenvalue weighted by Gasteiger charge is -2.09.